The summed E-state index contributed by atoms with van der Waals surface area (Å²) in [5, 5.41) is 4.25. The van der Waals surface area contributed by atoms with E-state index in [1.807, 2.05) is 16.8 Å². The summed E-state index contributed by atoms with van der Waals surface area (Å²) in [7, 11) is 4.84. The molecule has 1 aliphatic rings. The van der Waals surface area contributed by atoms with E-state index in [2.05, 4.69) is 10.1 Å². The monoisotopic (exact) mass is 304 g/mol. The van der Waals surface area contributed by atoms with Crippen LogP contribution in [0.5, 0.6) is 17.2 Å². The first kappa shape index (κ1) is 14.5. The maximum absolute atomic E-state index is 5.75. The topological polar surface area (TPSA) is 84.4 Å². The highest BCUT2D eigenvalue weighted by molar-refractivity contribution is 5.57. The molecule has 0 bridgehead atoms. The van der Waals surface area contributed by atoms with Gasteiger partial charge in [0, 0.05) is 18.0 Å². The highest BCUT2D eigenvalue weighted by atomic mass is 16.5. The van der Waals surface area contributed by atoms with Crippen LogP contribution in [0.1, 0.15) is 30.1 Å². The fourth-order valence-electron chi connectivity index (χ4n) is 3.06. The number of benzene rings is 1. The van der Waals surface area contributed by atoms with Gasteiger partial charge < -0.3 is 19.9 Å². The number of aryl methyl sites for hydroxylation is 1. The third-order valence-electron chi connectivity index (χ3n) is 4.00. The highest BCUT2D eigenvalue weighted by Gasteiger charge is 2.30. The lowest BCUT2D eigenvalue weighted by atomic mass is 9.90. The Balaban J connectivity index is 2.13. The van der Waals surface area contributed by atoms with Crippen LogP contribution in [0.3, 0.4) is 0 Å². The normalized spacial score (nSPS) is 17.0. The number of aromatic nitrogens is 3. The molecule has 0 spiro atoms. The smallest absolute Gasteiger partial charge is 0.239 e. The van der Waals surface area contributed by atoms with Gasteiger partial charge in [-0.1, -0.05) is 6.07 Å². The number of methoxy groups -OCH3 is 3. The van der Waals surface area contributed by atoms with Gasteiger partial charge in [0.1, 0.15) is 5.82 Å². The van der Waals surface area contributed by atoms with Gasteiger partial charge in [-0.15, -0.1) is 5.10 Å². The van der Waals surface area contributed by atoms with Gasteiger partial charge in [0.2, 0.25) is 11.7 Å². The largest absolute Gasteiger partial charge is 0.493 e. The van der Waals surface area contributed by atoms with Gasteiger partial charge in [-0.2, -0.15) is 4.98 Å². The first-order valence-corrected chi connectivity index (χ1v) is 7.18. The van der Waals surface area contributed by atoms with Crippen LogP contribution in [0.4, 0.5) is 5.95 Å². The Labute approximate surface area is 129 Å². The molecule has 0 radical (unpaired) electrons. The van der Waals surface area contributed by atoms with Gasteiger partial charge in [-0.25, -0.2) is 4.68 Å². The number of nitrogen functional groups attached to an aromatic ring is 1. The zero-order chi connectivity index (χ0) is 15.7. The van der Waals surface area contributed by atoms with Crippen molar-refractivity contribution >= 4 is 5.95 Å². The first-order chi connectivity index (χ1) is 10.7. The van der Waals surface area contributed by atoms with Crippen molar-refractivity contribution < 1.29 is 14.2 Å². The maximum Gasteiger partial charge on any atom is 0.239 e. The minimum atomic E-state index is 0.0771. The van der Waals surface area contributed by atoms with E-state index in [1.165, 1.54) is 0 Å². The lowest BCUT2D eigenvalue weighted by Gasteiger charge is -2.25. The van der Waals surface area contributed by atoms with Gasteiger partial charge in [0.25, 0.3) is 0 Å². The predicted molar refractivity (Wildman–Crippen MR) is 81.6 cm³/mol. The van der Waals surface area contributed by atoms with E-state index in [9.17, 15) is 0 Å². The predicted octanol–water partition coefficient (Wildman–Crippen LogP) is 1.81. The third kappa shape index (κ3) is 2.22. The lowest BCUT2D eigenvalue weighted by molar-refractivity contribution is 0.319. The molecule has 1 unspecified atom stereocenters. The molecule has 22 heavy (non-hydrogen) atoms. The Kier molecular flexibility index (Phi) is 3.79. The van der Waals surface area contributed by atoms with Crippen molar-refractivity contribution in [1.82, 2.24) is 14.8 Å². The molecule has 2 heterocycles. The lowest BCUT2D eigenvalue weighted by Crippen LogP contribution is -2.18. The average Bonchev–Trinajstić information content (AvgIpc) is 2.93. The van der Waals surface area contributed by atoms with Gasteiger partial charge in [0.05, 0.1) is 21.3 Å². The van der Waals surface area contributed by atoms with Crippen molar-refractivity contribution in [2.75, 3.05) is 27.1 Å². The molecule has 0 amide bonds. The van der Waals surface area contributed by atoms with E-state index in [1.54, 1.807) is 21.3 Å². The van der Waals surface area contributed by atoms with E-state index < -0.39 is 0 Å². The summed E-state index contributed by atoms with van der Waals surface area (Å²) in [5.74, 6) is 3.15. The standard InChI is InChI=1S/C15H20N4O3/c1-20-11-7-6-9(12(21-2)13(11)22-3)10-5-4-8-19-14(10)17-15(16)18-19/h6-7,10H,4-5,8H2,1-3H3,(H2,16,18). The number of ether oxygens (including phenoxy) is 3. The number of rotatable bonds is 4. The summed E-state index contributed by atoms with van der Waals surface area (Å²) in [4.78, 5) is 4.38. The van der Waals surface area contributed by atoms with Crippen molar-refractivity contribution in [3.05, 3.63) is 23.5 Å². The van der Waals surface area contributed by atoms with E-state index in [-0.39, 0.29) is 5.92 Å². The fraction of sp³-hybridized carbons (Fsp3) is 0.467. The van der Waals surface area contributed by atoms with Gasteiger partial charge >= 0.3 is 0 Å². The van der Waals surface area contributed by atoms with Crippen LogP contribution in [0.2, 0.25) is 0 Å². The molecular weight excluding hydrogens is 284 g/mol. The molecule has 0 saturated carbocycles. The molecule has 1 aliphatic heterocycles. The Morgan fingerprint density at radius 3 is 2.59 bits per heavy atom. The third-order valence-corrected chi connectivity index (χ3v) is 4.00. The van der Waals surface area contributed by atoms with Crippen molar-refractivity contribution in [2.24, 2.45) is 0 Å². The minimum Gasteiger partial charge on any atom is -0.493 e. The Morgan fingerprint density at radius 1 is 1.14 bits per heavy atom. The molecule has 2 N–H and O–H groups in total. The molecule has 118 valence electrons. The number of nitrogens with two attached hydrogens (primary N) is 1. The summed E-state index contributed by atoms with van der Waals surface area (Å²) in [6.07, 6.45) is 1.97. The highest BCUT2D eigenvalue weighted by Crippen LogP contribution is 2.45. The number of hydrogen-bond donors (Lipinski definition) is 1. The Bertz CT molecular complexity index is 684. The zero-order valence-corrected chi connectivity index (χ0v) is 13.0. The zero-order valence-electron chi connectivity index (χ0n) is 13.0. The maximum atomic E-state index is 5.75. The van der Waals surface area contributed by atoms with Crippen molar-refractivity contribution in [3.8, 4) is 17.2 Å². The van der Waals surface area contributed by atoms with Gasteiger partial charge in [-0.3, -0.25) is 0 Å². The van der Waals surface area contributed by atoms with Crippen LogP contribution in [0.25, 0.3) is 0 Å². The molecule has 1 aromatic heterocycles. The molecule has 1 aromatic carbocycles. The fourth-order valence-corrected chi connectivity index (χ4v) is 3.06. The number of anilines is 1. The minimum absolute atomic E-state index is 0.0771. The molecule has 1 atom stereocenters. The van der Waals surface area contributed by atoms with Crippen molar-refractivity contribution in [1.29, 1.82) is 0 Å². The summed E-state index contributed by atoms with van der Waals surface area (Å²) in [6.45, 7) is 0.839. The molecule has 7 heteroatoms. The second-order valence-electron chi connectivity index (χ2n) is 5.17. The molecule has 0 saturated heterocycles. The summed E-state index contributed by atoms with van der Waals surface area (Å²) < 4.78 is 18.3. The van der Waals surface area contributed by atoms with Crippen LogP contribution >= 0.6 is 0 Å². The number of fused-ring (bicyclic) bond motifs is 1. The molecule has 7 nitrogen and oxygen atoms in total. The Hall–Kier alpha value is -2.44. The van der Waals surface area contributed by atoms with Crippen LogP contribution in [0, 0.1) is 0 Å². The van der Waals surface area contributed by atoms with Gasteiger partial charge in [-0.05, 0) is 18.9 Å². The van der Waals surface area contributed by atoms with Crippen molar-refractivity contribution in [3.63, 3.8) is 0 Å². The quantitative estimate of drug-likeness (QED) is 0.927. The van der Waals surface area contributed by atoms with Crippen LogP contribution in [-0.4, -0.2) is 36.1 Å². The summed E-state index contributed by atoms with van der Waals surface area (Å²) in [6, 6.07) is 3.88. The van der Waals surface area contributed by atoms with Crippen LogP contribution in [-0.2, 0) is 6.54 Å². The molecular formula is C15H20N4O3. The Morgan fingerprint density at radius 2 is 1.91 bits per heavy atom. The SMILES string of the molecule is COc1ccc(C2CCCn3nc(N)nc32)c(OC)c1OC. The van der Waals surface area contributed by atoms with Crippen LogP contribution < -0.4 is 19.9 Å². The van der Waals surface area contributed by atoms with E-state index in [0.29, 0.717) is 23.2 Å². The molecule has 3 rings (SSSR count). The first-order valence-electron chi connectivity index (χ1n) is 7.18. The van der Waals surface area contributed by atoms with Crippen LogP contribution in [0.15, 0.2) is 12.1 Å². The molecule has 2 aromatic rings. The molecule has 0 aliphatic carbocycles. The van der Waals surface area contributed by atoms with Gasteiger partial charge in [0.15, 0.2) is 11.5 Å². The summed E-state index contributed by atoms with van der Waals surface area (Å²) in [5.41, 5.74) is 6.76. The van der Waals surface area contributed by atoms with Crippen molar-refractivity contribution in [2.45, 2.75) is 25.3 Å². The average molecular weight is 304 g/mol. The molecule has 0 fully saturated rings. The number of hydrogen-bond acceptors (Lipinski definition) is 6. The second kappa shape index (κ2) is 5.75. The number of nitrogens with zero attached hydrogens (tertiary/aromatic N) is 3. The van der Waals surface area contributed by atoms with E-state index in [4.69, 9.17) is 19.9 Å². The second-order valence-corrected chi connectivity index (χ2v) is 5.17. The van der Waals surface area contributed by atoms with E-state index >= 15 is 0 Å². The van der Waals surface area contributed by atoms with E-state index in [0.717, 1.165) is 30.8 Å². The summed E-state index contributed by atoms with van der Waals surface area (Å²) >= 11 is 0.